The van der Waals surface area contributed by atoms with Gasteiger partial charge in [-0.2, -0.15) is 0 Å². The first-order valence-electron chi connectivity index (χ1n) is 5.15. The van der Waals surface area contributed by atoms with Crippen molar-refractivity contribution in [3.63, 3.8) is 0 Å². The van der Waals surface area contributed by atoms with Gasteiger partial charge in [0, 0.05) is 6.04 Å². The standard InChI is InChI=1S/C11H17N3/c1-7-5-11(13-6-10(7)12)14-8(2)9-3-4-9/h5-6,8-9H,3-4,12H2,1-2H3,(H,13,14). The van der Waals surface area contributed by atoms with Crippen LogP contribution in [-0.4, -0.2) is 11.0 Å². The third-order valence-electron chi connectivity index (χ3n) is 2.86. The first kappa shape index (κ1) is 9.31. The van der Waals surface area contributed by atoms with E-state index in [1.54, 1.807) is 6.20 Å². The number of aromatic nitrogens is 1. The smallest absolute Gasteiger partial charge is 0.126 e. The lowest BCUT2D eigenvalue weighted by Crippen LogP contribution is -2.18. The SMILES string of the molecule is Cc1cc(NC(C)C2CC2)ncc1N. The molecule has 1 unspecified atom stereocenters. The van der Waals surface area contributed by atoms with Gasteiger partial charge in [-0.1, -0.05) is 0 Å². The molecule has 3 nitrogen and oxygen atoms in total. The molecule has 1 aliphatic carbocycles. The van der Waals surface area contributed by atoms with E-state index in [0.717, 1.165) is 23.0 Å². The number of hydrogen-bond acceptors (Lipinski definition) is 3. The quantitative estimate of drug-likeness (QED) is 0.770. The molecule has 0 amide bonds. The van der Waals surface area contributed by atoms with Crippen LogP contribution in [0.15, 0.2) is 12.3 Å². The second-order valence-corrected chi connectivity index (χ2v) is 4.20. The number of pyridine rings is 1. The molecule has 1 saturated carbocycles. The highest BCUT2D eigenvalue weighted by Gasteiger charge is 2.27. The minimum atomic E-state index is 0.533. The number of nitrogen functional groups attached to an aromatic ring is 1. The molecule has 14 heavy (non-hydrogen) atoms. The summed E-state index contributed by atoms with van der Waals surface area (Å²) in [6.45, 7) is 4.22. The van der Waals surface area contributed by atoms with Gasteiger partial charge < -0.3 is 11.1 Å². The zero-order valence-corrected chi connectivity index (χ0v) is 8.75. The average Bonchev–Trinajstić information content (AvgIpc) is 2.94. The molecule has 1 atom stereocenters. The molecule has 76 valence electrons. The summed E-state index contributed by atoms with van der Waals surface area (Å²) in [5.74, 6) is 1.78. The van der Waals surface area contributed by atoms with Gasteiger partial charge in [0.05, 0.1) is 11.9 Å². The molecule has 0 aromatic carbocycles. The number of rotatable bonds is 3. The van der Waals surface area contributed by atoms with Crippen LogP contribution in [0.2, 0.25) is 0 Å². The summed E-state index contributed by atoms with van der Waals surface area (Å²) >= 11 is 0. The highest BCUT2D eigenvalue weighted by molar-refractivity contribution is 5.51. The van der Waals surface area contributed by atoms with Crippen molar-refractivity contribution in [2.45, 2.75) is 32.7 Å². The lowest BCUT2D eigenvalue weighted by molar-refractivity contribution is 0.690. The molecule has 0 saturated heterocycles. The molecular formula is C11H17N3. The number of anilines is 2. The minimum Gasteiger partial charge on any atom is -0.397 e. The van der Waals surface area contributed by atoms with E-state index in [0.29, 0.717) is 6.04 Å². The molecule has 1 aliphatic rings. The zero-order valence-electron chi connectivity index (χ0n) is 8.75. The summed E-state index contributed by atoms with van der Waals surface area (Å²) in [5.41, 5.74) is 7.55. The molecule has 1 aromatic rings. The molecule has 0 spiro atoms. The van der Waals surface area contributed by atoms with Crippen molar-refractivity contribution in [1.29, 1.82) is 0 Å². The van der Waals surface area contributed by atoms with Gasteiger partial charge in [0.25, 0.3) is 0 Å². The molecular weight excluding hydrogens is 174 g/mol. The van der Waals surface area contributed by atoms with Gasteiger partial charge in [-0.15, -0.1) is 0 Å². The number of aryl methyl sites for hydroxylation is 1. The maximum Gasteiger partial charge on any atom is 0.126 e. The second-order valence-electron chi connectivity index (χ2n) is 4.20. The van der Waals surface area contributed by atoms with Crippen molar-refractivity contribution >= 4 is 11.5 Å². The first-order valence-corrected chi connectivity index (χ1v) is 5.15. The Morgan fingerprint density at radius 1 is 1.57 bits per heavy atom. The molecule has 0 bridgehead atoms. The fourth-order valence-corrected chi connectivity index (χ4v) is 1.59. The molecule has 0 radical (unpaired) electrons. The van der Waals surface area contributed by atoms with Gasteiger partial charge in [-0.25, -0.2) is 4.98 Å². The van der Waals surface area contributed by atoms with Gasteiger partial charge >= 0.3 is 0 Å². The monoisotopic (exact) mass is 191 g/mol. The molecule has 1 aromatic heterocycles. The zero-order chi connectivity index (χ0) is 10.1. The number of hydrogen-bond donors (Lipinski definition) is 2. The fraction of sp³-hybridized carbons (Fsp3) is 0.545. The third kappa shape index (κ3) is 1.97. The number of nitrogens with zero attached hydrogens (tertiary/aromatic N) is 1. The minimum absolute atomic E-state index is 0.533. The van der Waals surface area contributed by atoms with E-state index < -0.39 is 0 Å². The van der Waals surface area contributed by atoms with Gasteiger partial charge in [0.2, 0.25) is 0 Å². The summed E-state index contributed by atoms with van der Waals surface area (Å²) in [7, 11) is 0. The van der Waals surface area contributed by atoms with Crippen LogP contribution in [0.3, 0.4) is 0 Å². The van der Waals surface area contributed by atoms with Gasteiger partial charge in [-0.05, 0) is 44.2 Å². The lowest BCUT2D eigenvalue weighted by atomic mass is 10.2. The Labute approximate surface area is 84.7 Å². The van der Waals surface area contributed by atoms with Crippen LogP contribution in [0.5, 0.6) is 0 Å². The van der Waals surface area contributed by atoms with E-state index in [9.17, 15) is 0 Å². The molecule has 3 heteroatoms. The highest BCUT2D eigenvalue weighted by Crippen LogP contribution is 2.33. The van der Waals surface area contributed by atoms with Crippen molar-refractivity contribution in [3.8, 4) is 0 Å². The number of nitrogens with one attached hydrogen (secondary N) is 1. The van der Waals surface area contributed by atoms with Gasteiger partial charge in [-0.3, -0.25) is 0 Å². The third-order valence-corrected chi connectivity index (χ3v) is 2.86. The largest absolute Gasteiger partial charge is 0.397 e. The summed E-state index contributed by atoms with van der Waals surface area (Å²) in [6, 6.07) is 2.54. The average molecular weight is 191 g/mol. The van der Waals surface area contributed by atoms with E-state index in [-0.39, 0.29) is 0 Å². The van der Waals surface area contributed by atoms with E-state index in [1.807, 2.05) is 13.0 Å². The summed E-state index contributed by atoms with van der Waals surface area (Å²) in [4.78, 5) is 4.25. The van der Waals surface area contributed by atoms with Crippen molar-refractivity contribution in [2.24, 2.45) is 5.92 Å². The first-order chi connectivity index (χ1) is 6.66. The number of nitrogens with two attached hydrogens (primary N) is 1. The van der Waals surface area contributed by atoms with Crippen molar-refractivity contribution < 1.29 is 0 Å². The Balaban J connectivity index is 2.04. The van der Waals surface area contributed by atoms with Crippen molar-refractivity contribution in [1.82, 2.24) is 4.98 Å². The Morgan fingerprint density at radius 3 is 2.86 bits per heavy atom. The topological polar surface area (TPSA) is 50.9 Å². The van der Waals surface area contributed by atoms with E-state index in [2.05, 4.69) is 17.2 Å². The predicted octanol–water partition coefficient (Wildman–Crippen LogP) is 2.18. The van der Waals surface area contributed by atoms with Crippen molar-refractivity contribution in [3.05, 3.63) is 17.8 Å². The van der Waals surface area contributed by atoms with Crippen LogP contribution in [0.4, 0.5) is 11.5 Å². The lowest BCUT2D eigenvalue weighted by Gasteiger charge is -2.14. The van der Waals surface area contributed by atoms with E-state index in [1.165, 1.54) is 12.8 Å². The Hall–Kier alpha value is -1.25. The van der Waals surface area contributed by atoms with E-state index in [4.69, 9.17) is 5.73 Å². The van der Waals surface area contributed by atoms with Crippen LogP contribution in [-0.2, 0) is 0 Å². The molecule has 1 fully saturated rings. The maximum absolute atomic E-state index is 5.70. The van der Waals surface area contributed by atoms with Gasteiger partial charge in [0.15, 0.2) is 0 Å². The Morgan fingerprint density at radius 2 is 2.29 bits per heavy atom. The normalized spacial score (nSPS) is 17.9. The molecule has 3 N–H and O–H groups in total. The van der Waals surface area contributed by atoms with Gasteiger partial charge in [0.1, 0.15) is 5.82 Å². The molecule has 1 heterocycles. The highest BCUT2D eigenvalue weighted by atomic mass is 15.0. The molecule has 0 aliphatic heterocycles. The summed E-state index contributed by atoms with van der Waals surface area (Å²) in [6.07, 6.45) is 4.42. The van der Waals surface area contributed by atoms with Crippen molar-refractivity contribution in [2.75, 3.05) is 11.1 Å². The van der Waals surface area contributed by atoms with Crippen LogP contribution in [0, 0.1) is 12.8 Å². The Kier molecular flexibility index (Phi) is 2.32. The maximum atomic E-state index is 5.70. The van der Waals surface area contributed by atoms with Crippen LogP contribution in [0.1, 0.15) is 25.3 Å². The summed E-state index contributed by atoms with van der Waals surface area (Å²) in [5, 5.41) is 3.41. The van der Waals surface area contributed by atoms with Crippen LogP contribution >= 0.6 is 0 Å². The van der Waals surface area contributed by atoms with E-state index >= 15 is 0 Å². The predicted molar refractivity (Wildman–Crippen MR) is 59.2 cm³/mol. The van der Waals surface area contributed by atoms with Crippen LogP contribution in [0.25, 0.3) is 0 Å². The van der Waals surface area contributed by atoms with Crippen LogP contribution < -0.4 is 11.1 Å². The summed E-state index contributed by atoms with van der Waals surface area (Å²) < 4.78 is 0. The fourth-order valence-electron chi connectivity index (χ4n) is 1.59. The Bertz CT molecular complexity index is 331. The second kappa shape index (κ2) is 3.48. The molecule has 2 rings (SSSR count).